The minimum absolute atomic E-state index is 0.134. The Morgan fingerprint density at radius 2 is 1.79 bits per heavy atom. The number of nitrogens with zero attached hydrogens (tertiary/aromatic N) is 1. The van der Waals surface area contributed by atoms with Crippen LogP contribution < -0.4 is 5.32 Å². The van der Waals surface area contributed by atoms with Crippen LogP contribution in [0.4, 0.5) is 11.4 Å². The smallest absolute Gasteiger partial charge is 0.272 e. The maximum Gasteiger partial charge on any atom is 0.272 e. The normalized spacial score (nSPS) is 23.1. The van der Waals surface area contributed by atoms with Crippen molar-refractivity contribution in [2.24, 2.45) is 0 Å². The molecule has 1 heterocycles. The first-order valence-electron chi connectivity index (χ1n) is 5.72. The van der Waals surface area contributed by atoms with E-state index < -0.39 is 15.7 Å². The molecule has 104 valence electrons. The molecule has 1 aromatic carbocycles. The number of nitrogens with one attached hydrogen (secondary N) is 1. The molecule has 0 atom stereocenters. The third-order valence-corrected chi connectivity index (χ3v) is 4.95. The number of hydrogen-bond donors (Lipinski definition) is 1. The first-order valence-corrected chi connectivity index (χ1v) is 7.96. The highest BCUT2D eigenvalue weighted by molar-refractivity contribution is 7.85. The van der Waals surface area contributed by atoms with Gasteiger partial charge in [-0.25, -0.2) is 0 Å². The molecule has 1 aliphatic heterocycles. The number of non-ortho nitro benzene ring substituents is 1. The molecule has 0 saturated carbocycles. The number of benzene rings is 1. The van der Waals surface area contributed by atoms with Crippen molar-refractivity contribution in [2.75, 3.05) is 16.8 Å². The van der Waals surface area contributed by atoms with Gasteiger partial charge in [-0.15, -0.1) is 0 Å². The predicted octanol–water partition coefficient (Wildman–Crippen LogP) is 3.22. The maximum atomic E-state index is 11.3. The van der Waals surface area contributed by atoms with Crippen molar-refractivity contribution in [3.05, 3.63) is 32.3 Å². The molecule has 19 heavy (non-hydrogen) atoms. The van der Waals surface area contributed by atoms with Gasteiger partial charge in [0, 0.05) is 40.5 Å². The molecule has 0 aromatic heterocycles. The van der Waals surface area contributed by atoms with Crippen LogP contribution in [-0.2, 0) is 10.8 Å². The molecule has 2 rings (SSSR count). The molecule has 1 N–H and O–H groups in total. The Morgan fingerprint density at radius 1 is 1.26 bits per heavy atom. The van der Waals surface area contributed by atoms with Crippen molar-refractivity contribution in [2.45, 2.75) is 18.9 Å². The van der Waals surface area contributed by atoms with Crippen molar-refractivity contribution in [3.8, 4) is 0 Å². The van der Waals surface area contributed by atoms with Crippen molar-refractivity contribution in [1.29, 1.82) is 0 Å². The second-order valence-electron chi connectivity index (χ2n) is 4.31. The van der Waals surface area contributed by atoms with E-state index in [9.17, 15) is 14.3 Å². The second-order valence-corrected chi connectivity index (χ2v) is 6.82. The SMILES string of the molecule is O=[N+]([O-])c1cc(Cl)c(NC2CCS(=O)CC2)c(Cl)c1. The molecule has 1 aromatic rings. The lowest BCUT2D eigenvalue weighted by Gasteiger charge is -2.24. The number of hydrogen-bond acceptors (Lipinski definition) is 4. The zero-order chi connectivity index (χ0) is 14.0. The van der Waals surface area contributed by atoms with Crippen LogP contribution in [0, 0.1) is 10.1 Å². The Hall–Kier alpha value is -0.850. The number of nitro groups is 1. The molecule has 0 bridgehead atoms. The van der Waals surface area contributed by atoms with Crippen LogP contribution in [0.5, 0.6) is 0 Å². The quantitative estimate of drug-likeness (QED) is 0.685. The van der Waals surface area contributed by atoms with Crippen molar-refractivity contribution >= 4 is 45.4 Å². The highest BCUT2D eigenvalue weighted by Gasteiger charge is 2.21. The lowest BCUT2D eigenvalue weighted by molar-refractivity contribution is -0.384. The fraction of sp³-hybridized carbons (Fsp3) is 0.455. The van der Waals surface area contributed by atoms with Crippen LogP contribution in [0.25, 0.3) is 0 Å². The summed E-state index contributed by atoms with van der Waals surface area (Å²) in [4.78, 5) is 10.1. The first-order chi connectivity index (χ1) is 8.97. The van der Waals surface area contributed by atoms with E-state index >= 15 is 0 Å². The highest BCUT2D eigenvalue weighted by atomic mass is 35.5. The monoisotopic (exact) mass is 322 g/mol. The highest BCUT2D eigenvalue weighted by Crippen LogP contribution is 2.35. The zero-order valence-corrected chi connectivity index (χ0v) is 12.2. The molecule has 0 spiro atoms. The Labute approximate surface area is 122 Å². The summed E-state index contributed by atoms with van der Waals surface area (Å²) in [7, 11) is -0.735. The van der Waals surface area contributed by atoms with Gasteiger partial charge in [-0.3, -0.25) is 14.3 Å². The lowest BCUT2D eigenvalue weighted by atomic mass is 10.1. The van der Waals surface area contributed by atoms with Gasteiger partial charge in [-0.05, 0) is 12.8 Å². The molecule has 1 saturated heterocycles. The van der Waals surface area contributed by atoms with Gasteiger partial charge in [0.15, 0.2) is 0 Å². The molecular weight excluding hydrogens is 311 g/mol. The van der Waals surface area contributed by atoms with E-state index in [2.05, 4.69) is 5.32 Å². The second kappa shape index (κ2) is 6.07. The molecule has 0 amide bonds. The summed E-state index contributed by atoms with van der Waals surface area (Å²) >= 11 is 12.0. The van der Waals surface area contributed by atoms with E-state index in [0.29, 0.717) is 17.2 Å². The number of anilines is 1. The Bertz CT molecular complexity index is 506. The zero-order valence-electron chi connectivity index (χ0n) is 9.90. The van der Waals surface area contributed by atoms with Crippen molar-refractivity contribution in [3.63, 3.8) is 0 Å². The van der Waals surface area contributed by atoms with Gasteiger partial charge in [0.1, 0.15) is 0 Å². The van der Waals surface area contributed by atoms with E-state index in [1.165, 1.54) is 12.1 Å². The Morgan fingerprint density at radius 3 is 2.26 bits per heavy atom. The molecular formula is C11H12Cl2N2O3S. The lowest BCUT2D eigenvalue weighted by Crippen LogP contribution is -2.29. The summed E-state index contributed by atoms with van der Waals surface area (Å²) in [5, 5.41) is 14.3. The van der Waals surface area contributed by atoms with Crippen molar-refractivity contribution < 1.29 is 9.13 Å². The number of rotatable bonds is 3. The van der Waals surface area contributed by atoms with E-state index in [1.807, 2.05) is 0 Å². The molecule has 1 aliphatic rings. The van der Waals surface area contributed by atoms with Gasteiger partial charge in [-0.1, -0.05) is 23.2 Å². The van der Waals surface area contributed by atoms with Crippen LogP contribution in [0.15, 0.2) is 12.1 Å². The number of halogens is 2. The minimum atomic E-state index is -0.735. The fourth-order valence-corrected chi connectivity index (χ4v) is 3.83. The fourth-order valence-electron chi connectivity index (χ4n) is 1.95. The maximum absolute atomic E-state index is 11.3. The summed E-state index contributed by atoms with van der Waals surface area (Å²) in [5.74, 6) is 1.31. The first kappa shape index (κ1) is 14.6. The van der Waals surface area contributed by atoms with Crippen LogP contribution in [0.2, 0.25) is 10.0 Å². The average Bonchev–Trinajstić information content (AvgIpc) is 2.35. The number of nitro benzene ring substituents is 1. The predicted molar refractivity (Wildman–Crippen MR) is 77.6 cm³/mol. The molecule has 0 radical (unpaired) electrons. The largest absolute Gasteiger partial charge is 0.380 e. The summed E-state index contributed by atoms with van der Waals surface area (Å²) < 4.78 is 11.3. The molecule has 0 aliphatic carbocycles. The molecule has 0 unspecified atom stereocenters. The molecule has 8 heteroatoms. The third kappa shape index (κ3) is 3.58. The molecule has 1 fully saturated rings. The van der Waals surface area contributed by atoms with Gasteiger partial charge < -0.3 is 5.32 Å². The van der Waals surface area contributed by atoms with E-state index in [4.69, 9.17) is 23.2 Å². The third-order valence-electron chi connectivity index (χ3n) is 2.97. The standard InChI is InChI=1S/C11H12Cl2N2O3S/c12-9-5-8(15(16)17)6-10(13)11(9)14-7-1-3-19(18)4-2-7/h5-7,14H,1-4H2. The summed E-state index contributed by atoms with van der Waals surface area (Å²) in [6.07, 6.45) is 1.55. The van der Waals surface area contributed by atoms with Crippen LogP contribution in [0.1, 0.15) is 12.8 Å². The van der Waals surface area contributed by atoms with Crippen LogP contribution in [-0.4, -0.2) is 26.7 Å². The van der Waals surface area contributed by atoms with Gasteiger partial charge in [0.05, 0.1) is 20.7 Å². The van der Waals surface area contributed by atoms with Gasteiger partial charge in [-0.2, -0.15) is 0 Å². The van der Waals surface area contributed by atoms with E-state index in [0.717, 1.165) is 12.8 Å². The van der Waals surface area contributed by atoms with E-state index in [1.54, 1.807) is 0 Å². The topological polar surface area (TPSA) is 72.2 Å². The Balaban J connectivity index is 2.16. The average molecular weight is 323 g/mol. The van der Waals surface area contributed by atoms with Gasteiger partial charge in [0.25, 0.3) is 5.69 Å². The summed E-state index contributed by atoms with van der Waals surface area (Å²) in [5.41, 5.74) is 0.372. The van der Waals surface area contributed by atoms with E-state index in [-0.39, 0.29) is 21.8 Å². The van der Waals surface area contributed by atoms with Crippen LogP contribution in [0.3, 0.4) is 0 Å². The summed E-state index contributed by atoms with van der Waals surface area (Å²) in [6.45, 7) is 0. The van der Waals surface area contributed by atoms with Crippen LogP contribution >= 0.6 is 23.2 Å². The Kier molecular flexibility index (Phi) is 4.65. The van der Waals surface area contributed by atoms with Gasteiger partial charge >= 0.3 is 0 Å². The minimum Gasteiger partial charge on any atom is -0.380 e. The molecule has 5 nitrogen and oxygen atoms in total. The van der Waals surface area contributed by atoms with Gasteiger partial charge in [0.2, 0.25) is 0 Å². The van der Waals surface area contributed by atoms with Crippen molar-refractivity contribution in [1.82, 2.24) is 0 Å². The summed E-state index contributed by atoms with van der Waals surface area (Å²) in [6, 6.07) is 2.70.